The first-order chi connectivity index (χ1) is 14.5. The third-order valence-corrected chi connectivity index (χ3v) is 7.24. The summed E-state index contributed by atoms with van der Waals surface area (Å²) in [5, 5.41) is 0. The second-order valence-corrected chi connectivity index (χ2v) is 9.25. The van der Waals surface area contributed by atoms with Gasteiger partial charge in [0, 0.05) is 31.6 Å². The van der Waals surface area contributed by atoms with E-state index in [-0.39, 0.29) is 16.9 Å². The van der Waals surface area contributed by atoms with Crippen LogP contribution < -0.4 is 9.47 Å². The Morgan fingerprint density at radius 3 is 2.47 bits per heavy atom. The Morgan fingerprint density at radius 1 is 1.07 bits per heavy atom. The number of ether oxygens (including phenoxy) is 2. The van der Waals surface area contributed by atoms with Crippen LogP contribution >= 0.6 is 0 Å². The highest BCUT2D eigenvalue weighted by atomic mass is 32.2. The lowest BCUT2D eigenvalue weighted by Gasteiger charge is -2.18. The second-order valence-electron chi connectivity index (χ2n) is 7.31. The second kappa shape index (κ2) is 8.57. The Hall–Kier alpha value is -2.72. The van der Waals surface area contributed by atoms with Crippen molar-refractivity contribution in [2.45, 2.75) is 30.3 Å². The maximum atomic E-state index is 12.8. The normalized spacial score (nSPS) is 19.8. The molecule has 160 valence electrons. The molecule has 2 aromatic rings. The lowest BCUT2D eigenvalue weighted by atomic mass is 10.2. The summed E-state index contributed by atoms with van der Waals surface area (Å²) < 4.78 is 37.6. The van der Waals surface area contributed by atoms with Crippen molar-refractivity contribution in [2.75, 3.05) is 33.3 Å². The van der Waals surface area contributed by atoms with Gasteiger partial charge in [-0.25, -0.2) is 8.42 Å². The molecule has 10 heteroatoms. The molecule has 1 atom stereocenters. The molecular weight excluding hydrogens is 408 g/mol. The largest absolute Gasteiger partial charge is 0.480 e. The van der Waals surface area contributed by atoms with E-state index in [9.17, 15) is 13.2 Å². The lowest BCUT2D eigenvalue weighted by Crippen LogP contribution is -2.31. The monoisotopic (exact) mass is 432 g/mol. The fraction of sp³-hybridized carbons (Fsp3) is 0.450. The van der Waals surface area contributed by atoms with Crippen molar-refractivity contribution >= 4 is 15.9 Å². The molecule has 2 saturated heterocycles. The molecular formula is C20H24N4O5S. The van der Waals surface area contributed by atoms with Gasteiger partial charge in [-0.2, -0.15) is 9.29 Å². The van der Waals surface area contributed by atoms with Crippen LogP contribution in [0.5, 0.6) is 11.8 Å². The van der Waals surface area contributed by atoms with Gasteiger partial charge in [-0.3, -0.25) is 9.78 Å². The fourth-order valence-electron chi connectivity index (χ4n) is 3.70. The van der Waals surface area contributed by atoms with Crippen LogP contribution in [0, 0.1) is 0 Å². The molecule has 1 aromatic carbocycles. The van der Waals surface area contributed by atoms with Crippen LogP contribution in [-0.2, 0) is 10.0 Å². The molecule has 3 heterocycles. The molecule has 0 radical (unpaired) electrons. The molecule has 0 saturated carbocycles. The number of sulfonamides is 1. The molecule has 2 aliphatic rings. The van der Waals surface area contributed by atoms with E-state index in [0.717, 1.165) is 12.8 Å². The number of hydrogen-bond donors (Lipinski definition) is 0. The minimum atomic E-state index is -3.48. The Labute approximate surface area is 175 Å². The maximum absolute atomic E-state index is 12.8. The van der Waals surface area contributed by atoms with E-state index < -0.39 is 10.0 Å². The number of nitrogens with zero attached hydrogens (tertiary/aromatic N) is 4. The minimum absolute atomic E-state index is 0.150. The van der Waals surface area contributed by atoms with Gasteiger partial charge in [0.25, 0.3) is 5.91 Å². The van der Waals surface area contributed by atoms with E-state index in [4.69, 9.17) is 9.47 Å². The van der Waals surface area contributed by atoms with Crippen molar-refractivity contribution in [1.29, 1.82) is 0 Å². The van der Waals surface area contributed by atoms with Crippen LogP contribution in [0.4, 0.5) is 0 Å². The number of aromatic nitrogens is 2. The number of hydrogen-bond acceptors (Lipinski definition) is 7. The van der Waals surface area contributed by atoms with E-state index in [1.54, 1.807) is 17.0 Å². The van der Waals surface area contributed by atoms with Crippen LogP contribution in [0.1, 0.15) is 29.6 Å². The number of methoxy groups -OCH3 is 1. The summed E-state index contributed by atoms with van der Waals surface area (Å²) in [6.45, 7) is 2.08. The molecule has 9 nitrogen and oxygen atoms in total. The molecule has 2 aliphatic heterocycles. The number of rotatable bonds is 6. The summed E-state index contributed by atoms with van der Waals surface area (Å²) in [5.41, 5.74) is 0.456. The summed E-state index contributed by atoms with van der Waals surface area (Å²) in [7, 11) is -1.98. The number of carbonyl (C=O) groups excluding carboxylic acids is 1. The Morgan fingerprint density at radius 2 is 1.77 bits per heavy atom. The topological polar surface area (TPSA) is 102 Å². The van der Waals surface area contributed by atoms with Gasteiger partial charge in [-0.1, -0.05) is 0 Å². The summed E-state index contributed by atoms with van der Waals surface area (Å²) in [6, 6.07) is 6.17. The van der Waals surface area contributed by atoms with Gasteiger partial charge in [-0.05, 0) is 37.1 Å². The Kier molecular flexibility index (Phi) is 5.87. The minimum Gasteiger partial charge on any atom is -0.480 e. The van der Waals surface area contributed by atoms with E-state index >= 15 is 0 Å². The average molecular weight is 433 g/mol. The third kappa shape index (κ3) is 4.24. The van der Waals surface area contributed by atoms with Crippen LogP contribution in [0.15, 0.2) is 41.6 Å². The zero-order chi connectivity index (χ0) is 21.1. The number of carbonyl (C=O) groups is 1. The number of benzene rings is 1. The Bertz CT molecular complexity index is 1010. The standard InChI is InChI=1S/C20H24N4O5S/c1-28-18-12-21-13-19(22-18)29-16-8-11-23(14-16)20(25)15-4-6-17(7-5-15)30(26,27)24-9-2-3-10-24/h4-7,12-13,16H,2-3,8-11,14H2,1H3. The molecule has 1 amide bonds. The molecule has 1 aromatic heterocycles. The van der Waals surface area contributed by atoms with Gasteiger partial charge in [0.05, 0.1) is 30.9 Å². The first kappa shape index (κ1) is 20.5. The first-order valence-corrected chi connectivity index (χ1v) is 11.3. The SMILES string of the molecule is COc1cncc(OC2CCN(C(=O)c3ccc(S(=O)(=O)N4CCCC4)cc3)C2)n1. The van der Waals surface area contributed by atoms with Crippen molar-refractivity contribution in [3.63, 3.8) is 0 Å². The number of likely N-dealkylation sites (tertiary alicyclic amines) is 1. The van der Waals surface area contributed by atoms with Gasteiger partial charge in [0.2, 0.25) is 21.8 Å². The molecule has 0 N–H and O–H groups in total. The van der Waals surface area contributed by atoms with Crippen LogP contribution in [0.25, 0.3) is 0 Å². The highest BCUT2D eigenvalue weighted by Gasteiger charge is 2.30. The van der Waals surface area contributed by atoms with Crippen molar-refractivity contribution in [2.24, 2.45) is 0 Å². The van der Waals surface area contributed by atoms with Crippen LogP contribution in [0.3, 0.4) is 0 Å². The summed E-state index contributed by atoms with van der Waals surface area (Å²) in [6.07, 6.45) is 5.25. The van der Waals surface area contributed by atoms with Gasteiger partial charge >= 0.3 is 0 Å². The molecule has 1 unspecified atom stereocenters. The van der Waals surface area contributed by atoms with Crippen LogP contribution in [-0.4, -0.2) is 72.9 Å². The first-order valence-electron chi connectivity index (χ1n) is 9.89. The molecule has 0 bridgehead atoms. The Balaban J connectivity index is 1.39. The molecule has 4 rings (SSSR count). The smallest absolute Gasteiger partial charge is 0.253 e. The lowest BCUT2D eigenvalue weighted by molar-refractivity contribution is 0.0770. The van der Waals surface area contributed by atoms with E-state index in [0.29, 0.717) is 49.9 Å². The average Bonchev–Trinajstić information content (AvgIpc) is 3.46. The van der Waals surface area contributed by atoms with E-state index in [2.05, 4.69) is 9.97 Å². The predicted octanol–water partition coefficient (Wildman–Crippen LogP) is 1.56. The highest BCUT2D eigenvalue weighted by molar-refractivity contribution is 7.89. The molecule has 30 heavy (non-hydrogen) atoms. The predicted molar refractivity (Wildman–Crippen MR) is 108 cm³/mol. The zero-order valence-corrected chi connectivity index (χ0v) is 17.5. The van der Waals surface area contributed by atoms with Gasteiger partial charge in [0.15, 0.2) is 0 Å². The summed E-state index contributed by atoms with van der Waals surface area (Å²) in [5.74, 6) is 0.565. The zero-order valence-electron chi connectivity index (χ0n) is 16.7. The van der Waals surface area contributed by atoms with E-state index in [1.807, 2.05) is 0 Å². The quantitative estimate of drug-likeness (QED) is 0.683. The summed E-state index contributed by atoms with van der Waals surface area (Å²) in [4.78, 5) is 22.9. The summed E-state index contributed by atoms with van der Waals surface area (Å²) >= 11 is 0. The fourth-order valence-corrected chi connectivity index (χ4v) is 5.21. The molecule has 0 aliphatic carbocycles. The molecule has 0 spiro atoms. The third-order valence-electron chi connectivity index (χ3n) is 5.32. The van der Waals surface area contributed by atoms with Gasteiger partial charge in [0.1, 0.15) is 6.10 Å². The maximum Gasteiger partial charge on any atom is 0.253 e. The van der Waals surface area contributed by atoms with Crippen molar-refractivity contribution in [3.05, 3.63) is 42.2 Å². The van der Waals surface area contributed by atoms with Crippen molar-refractivity contribution in [3.8, 4) is 11.8 Å². The highest BCUT2D eigenvalue weighted by Crippen LogP contribution is 2.23. The van der Waals surface area contributed by atoms with Gasteiger partial charge < -0.3 is 14.4 Å². The van der Waals surface area contributed by atoms with Crippen molar-refractivity contribution in [1.82, 2.24) is 19.2 Å². The number of amides is 1. The molecule has 2 fully saturated rings. The van der Waals surface area contributed by atoms with Crippen LogP contribution in [0.2, 0.25) is 0 Å². The van der Waals surface area contributed by atoms with E-state index in [1.165, 1.54) is 35.9 Å². The van der Waals surface area contributed by atoms with Gasteiger partial charge in [-0.15, -0.1) is 0 Å². The van der Waals surface area contributed by atoms with Crippen molar-refractivity contribution < 1.29 is 22.7 Å².